The zero-order valence-corrected chi connectivity index (χ0v) is 24.0. The third-order valence-electron chi connectivity index (χ3n) is 5.90. The van der Waals surface area contributed by atoms with Gasteiger partial charge in [-0.05, 0) is 47.5 Å². The maximum atomic E-state index is 12.1. The maximum absolute atomic E-state index is 12.1. The fourth-order valence-corrected chi connectivity index (χ4v) is 5.08. The Hall–Kier alpha value is -2.30. The summed E-state index contributed by atoms with van der Waals surface area (Å²) in [6.45, 7) is 1.43. The first-order valence-electron chi connectivity index (χ1n) is 12.1. The van der Waals surface area contributed by atoms with Crippen molar-refractivity contribution in [1.29, 1.82) is 0 Å². The van der Waals surface area contributed by atoms with Gasteiger partial charge in [0.1, 0.15) is 0 Å². The van der Waals surface area contributed by atoms with E-state index in [1.807, 2.05) is 54.6 Å². The summed E-state index contributed by atoms with van der Waals surface area (Å²) < 4.78 is 10.6. The molecule has 2 amide bonds. The molecule has 0 spiro atoms. The Morgan fingerprint density at radius 3 is 2.31 bits per heavy atom. The van der Waals surface area contributed by atoms with E-state index in [-0.39, 0.29) is 24.7 Å². The fourth-order valence-electron chi connectivity index (χ4n) is 4.01. The summed E-state index contributed by atoms with van der Waals surface area (Å²) in [6.07, 6.45) is -0.511. The highest BCUT2D eigenvalue weighted by Crippen LogP contribution is 2.40. The second-order valence-electron chi connectivity index (χ2n) is 8.94. The highest BCUT2D eigenvalue weighted by Gasteiger charge is 2.33. The van der Waals surface area contributed by atoms with Gasteiger partial charge in [-0.1, -0.05) is 71.2 Å². The van der Waals surface area contributed by atoms with Crippen molar-refractivity contribution in [2.75, 3.05) is 16.4 Å². The van der Waals surface area contributed by atoms with Gasteiger partial charge in [0, 0.05) is 40.9 Å². The molecule has 1 heterocycles. The molecule has 39 heavy (non-hydrogen) atoms. The Bertz CT molecular complexity index is 1290. The third kappa shape index (κ3) is 8.59. The number of thioether (sulfide) groups is 1. The van der Waals surface area contributed by atoms with E-state index in [9.17, 15) is 14.7 Å². The molecule has 0 saturated carbocycles. The minimum absolute atomic E-state index is 0.0375. The lowest BCUT2D eigenvalue weighted by Crippen LogP contribution is -2.31. The highest BCUT2D eigenvalue weighted by atomic mass is 35.6. The average molecular weight is 610 g/mol. The Labute approximate surface area is 246 Å². The molecule has 206 valence electrons. The number of benzene rings is 3. The minimum Gasteiger partial charge on any atom is -0.392 e. The molecule has 3 atom stereocenters. The number of anilines is 2. The van der Waals surface area contributed by atoms with Crippen LogP contribution in [-0.4, -0.2) is 32.6 Å². The number of amides is 2. The molecule has 11 heteroatoms. The van der Waals surface area contributed by atoms with Crippen LogP contribution in [0, 0.1) is 0 Å². The van der Waals surface area contributed by atoms with E-state index in [0.29, 0.717) is 23.4 Å². The monoisotopic (exact) mass is 608 g/mol. The Morgan fingerprint density at radius 1 is 0.949 bits per heavy atom. The van der Waals surface area contributed by atoms with Crippen molar-refractivity contribution in [3.05, 3.63) is 89.5 Å². The number of aliphatic hydroxyl groups excluding tert-OH is 1. The van der Waals surface area contributed by atoms with Crippen LogP contribution in [0.5, 0.6) is 0 Å². The lowest BCUT2D eigenvalue weighted by Gasteiger charge is -2.36. The Balaban J connectivity index is 1.52. The van der Waals surface area contributed by atoms with Gasteiger partial charge in [-0.15, -0.1) is 11.8 Å². The Morgan fingerprint density at radius 2 is 1.67 bits per heavy atom. The van der Waals surface area contributed by atoms with Gasteiger partial charge in [0.05, 0.1) is 18.8 Å². The van der Waals surface area contributed by atoms with Crippen LogP contribution in [0.2, 0.25) is 0 Å². The number of hydrogen-bond acceptors (Lipinski definition) is 6. The first kappa shape index (κ1) is 29.7. The van der Waals surface area contributed by atoms with Crippen molar-refractivity contribution in [2.24, 2.45) is 0 Å². The van der Waals surface area contributed by atoms with Gasteiger partial charge in [-0.2, -0.15) is 0 Å². The molecule has 0 bridgehead atoms. The number of halogens is 3. The average Bonchev–Trinajstić information content (AvgIpc) is 2.92. The Kier molecular flexibility index (Phi) is 10.2. The van der Waals surface area contributed by atoms with E-state index in [4.69, 9.17) is 44.3 Å². The predicted molar refractivity (Wildman–Crippen MR) is 155 cm³/mol. The maximum Gasteiger partial charge on any atom is 0.276 e. The smallest absolute Gasteiger partial charge is 0.276 e. The van der Waals surface area contributed by atoms with Crippen LogP contribution in [0.4, 0.5) is 11.4 Å². The number of aliphatic hydroxyl groups is 1. The van der Waals surface area contributed by atoms with Crippen molar-refractivity contribution in [3.63, 3.8) is 0 Å². The number of rotatable bonds is 8. The molecule has 0 aromatic heterocycles. The van der Waals surface area contributed by atoms with Crippen molar-refractivity contribution in [2.45, 2.75) is 47.1 Å². The molecule has 1 fully saturated rings. The van der Waals surface area contributed by atoms with E-state index in [1.165, 1.54) is 6.92 Å². The molecule has 1 aliphatic rings. The first-order chi connectivity index (χ1) is 18.6. The number of alkyl halides is 3. The van der Waals surface area contributed by atoms with Crippen molar-refractivity contribution in [1.82, 2.24) is 0 Å². The molecule has 0 radical (unpaired) electrons. The minimum atomic E-state index is -2.09. The number of carbonyl (C=O) groups excluding carboxylic acids is 2. The molecule has 3 aromatic carbocycles. The predicted octanol–water partition coefficient (Wildman–Crippen LogP) is 6.78. The van der Waals surface area contributed by atoms with Gasteiger partial charge in [0.25, 0.3) is 9.70 Å². The normalized spacial score (nSPS) is 19.4. The van der Waals surface area contributed by atoms with Crippen LogP contribution in [-0.2, 0) is 25.7 Å². The van der Waals surface area contributed by atoms with Gasteiger partial charge in [0.2, 0.25) is 5.91 Å². The number of carbonyl (C=O) groups is 2. The summed E-state index contributed by atoms with van der Waals surface area (Å²) in [5.74, 6) is -0.226. The fraction of sp³-hybridized carbons (Fsp3) is 0.286. The molecule has 7 nitrogen and oxygen atoms in total. The molecular formula is C28H27Cl3N2O5S. The largest absolute Gasteiger partial charge is 0.392 e. The van der Waals surface area contributed by atoms with Gasteiger partial charge in [-0.25, -0.2) is 0 Å². The van der Waals surface area contributed by atoms with Crippen molar-refractivity contribution in [3.8, 4) is 0 Å². The topological polar surface area (TPSA) is 96.9 Å². The summed E-state index contributed by atoms with van der Waals surface area (Å²) in [6, 6.07) is 22.3. The molecule has 4 rings (SSSR count). The number of ether oxygens (including phenoxy) is 2. The zero-order chi connectivity index (χ0) is 28.0. The van der Waals surface area contributed by atoms with Crippen LogP contribution in [0.3, 0.4) is 0 Å². The lowest BCUT2D eigenvalue weighted by atomic mass is 10.0. The molecule has 1 aliphatic heterocycles. The number of nitrogens with one attached hydrogen (secondary N) is 2. The molecule has 3 N–H and O–H groups in total. The quantitative estimate of drug-likeness (QED) is 0.192. The second-order valence-corrected chi connectivity index (χ2v) is 12.3. The number of hydrogen-bond donors (Lipinski definition) is 3. The zero-order valence-electron chi connectivity index (χ0n) is 20.9. The van der Waals surface area contributed by atoms with E-state index in [0.717, 1.165) is 21.7 Å². The van der Waals surface area contributed by atoms with Crippen molar-refractivity contribution < 1.29 is 24.2 Å². The highest BCUT2D eigenvalue weighted by molar-refractivity contribution is 7.99. The first-order valence-corrected chi connectivity index (χ1v) is 14.2. The summed E-state index contributed by atoms with van der Waals surface area (Å²) in [7, 11) is 0. The second kappa shape index (κ2) is 13.4. The van der Waals surface area contributed by atoms with E-state index in [1.54, 1.807) is 30.0 Å². The SMILES string of the molecule is CC(=O)Nc1ccc(SC[C@@H]2C[C@H](c3ccc(CO)cc3)O[C@H](c3cccc(NC(=O)C(Cl)(Cl)Cl)c3)O2)cc1. The van der Waals surface area contributed by atoms with Gasteiger partial charge in [-0.3, -0.25) is 9.59 Å². The molecule has 3 aromatic rings. The van der Waals surface area contributed by atoms with Crippen LogP contribution >= 0.6 is 46.6 Å². The lowest BCUT2D eigenvalue weighted by molar-refractivity contribution is -0.245. The molecule has 0 aliphatic carbocycles. The molecule has 0 unspecified atom stereocenters. The molecule has 1 saturated heterocycles. The summed E-state index contributed by atoms with van der Waals surface area (Å²) >= 11 is 18.7. The van der Waals surface area contributed by atoms with E-state index >= 15 is 0 Å². The van der Waals surface area contributed by atoms with Crippen LogP contribution in [0.1, 0.15) is 42.4 Å². The van der Waals surface area contributed by atoms with Crippen LogP contribution in [0.25, 0.3) is 0 Å². The standard InChI is InChI=1S/C28H27Cl3N2O5S/c1-17(35)32-21-9-11-24(12-10-21)39-16-23-14-25(19-7-5-18(15-34)6-8-19)38-26(37-23)20-3-2-4-22(13-20)33-27(36)28(29,30)31/h2-13,23,25-26,34H,14-16H2,1H3,(H,32,35)(H,33,36)/t23-,25+,26+/m0/s1. The van der Waals surface area contributed by atoms with Gasteiger partial charge < -0.3 is 25.2 Å². The van der Waals surface area contributed by atoms with Crippen LogP contribution in [0.15, 0.2) is 77.7 Å². The summed E-state index contributed by atoms with van der Waals surface area (Å²) in [5, 5.41) is 14.8. The van der Waals surface area contributed by atoms with E-state index in [2.05, 4.69) is 10.6 Å². The molecular weight excluding hydrogens is 583 g/mol. The van der Waals surface area contributed by atoms with Gasteiger partial charge in [0.15, 0.2) is 6.29 Å². The third-order valence-corrected chi connectivity index (χ3v) is 7.56. The summed E-state index contributed by atoms with van der Waals surface area (Å²) in [5.41, 5.74) is 3.66. The van der Waals surface area contributed by atoms with Crippen LogP contribution < -0.4 is 10.6 Å². The van der Waals surface area contributed by atoms with E-state index < -0.39 is 16.0 Å². The summed E-state index contributed by atoms with van der Waals surface area (Å²) in [4.78, 5) is 24.5. The van der Waals surface area contributed by atoms with Crippen molar-refractivity contribution >= 4 is 69.8 Å². The van der Waals surface area contributed by atoms with Gasteiger partial charge >= 0.3 is 0 Å².